The molecule has 0 aliphatic heterocycles. The average Bonchev–Trinajstić information content (AvgIpc) is 2.28. The Bertz CT molecular complexity index is 458. The zero-order valence-electron chi connectivity index (χ0n) is 11.8. The molecule has 18 heavy (non-hydrogen) atoms. The highest BCUT2D eigenvalue weighted by Gasteiger charge is 2.39. The third-order valence-corrected chi connectivity index (χ3v) is 4.43. The van der Waals surface area contributed by atoms with Gasteiger partial charge in [-0.2, -0.15) is 0 Å². The molecule has 0 nitrogen and oxygen atoms in total. The molecule has 0 aromatic heterocycles. The van der Waals surface area contributed by atoms with E-state index in [9.17, 15) is 4.39 Å². The van der Waals surface area contributed by atoms with E-state index < -0.39 is 0 Å². The molecule has 0 fully saturated rings. The van der Waals surface area contributed by atoms with Crippen molar-refractivity contribution in [2.24, 2.45) is 11.8 Å². The molecule has 1 aliphatic carbocycles. The maximum atomic E-state index is 14.2. The first kappa shape index (κ1) is 13.3. The molecule has 0 radical (unpaired) electrons. The monoisotopic (exact) mass is 246 g/mol. The molecular formula is C17H23F. The Morgan fingerprint density at radius 2 is 1.94 bits per heavy atom. The van der Waals surface area contributed by atoms with E-state index in [0.29, 0.717) is 11.8 Å². The van der Waals surface area contributed by atoms with Crippen molar-refractivity contribution in [2.45, 2.75) is 46.0 Å². The quantitative estimate of drug-likeness (QED) is 0.637. The van der Waals surface area contributed by atoms with Gasteiger partial charge < -0.3 is 0 Å². The molecule has 1 unspecified atom stereocenters. The van der Waals surface area contributed by atoms with E-state index in [1.165, 1.54) is 5.57 Å². The van der Waals surface area contributed by atoms with Crippen LogP contribution in [0.15, 0.2) is 35.9 Å². The Labute approximate surface area is 110 Å². The molecule has 0 heterocycles. The fourth-order valence-electron chi connectivity index (χ4n) is 3.58. The topological polar surface area (TPSA) is 0 Å². The predicted octanol–water partition coefficient (Wildman–Crippen LogP) is 5.10. The largest absolute Gasteiger partial charge is 0.207 e. The van der Waals surface area contributed by atoms with Gasteiger partial charge in [0.25, 0.3) is 0 Å². The second-order valence-corrected chi connectivity index (χ2v) is 6.14. The molecule has 2 rings (SSSR count). The highest BCUT2D eigenvalue weighted by Crippen LogP contribution is 2.45. The molecule has 0 saturated carbocycles. The van der Waals surface area contributed by atoms with Gasteiger partial charge in [0.2, 0.25) is 0 Å². The van der Waals surface area contributed by atoms with E-state index in [0.717, 1.165) is 18.4 Å². The van der Waals surface area contributed by atoms with Crippen LogP contribution in [0.25, 0.3) is 0 Å². The van der Waals surface area contributed by atoms with Crippen LogP contribution in [0, 0.1) is 17.7 Å². The molecule has 0 bridgehead atoms. The van der Waals surface area contributed by atoms with Crippen LogP contribution in [0.3, 0.4) is 0 Å². The highest BCUT2D eigenvalue weighted by molar-refractivity contribution is 5.35. The van der Waals surface area contributed by atoms with Gasteiger partial charge in [0.05, 0.1) is 0 Å². The van der Waals surface area contributed by atoms with Crippen LogP contribution < -0.4 is 0 Å². The Hall–Kier alpha value is -1.11. The zero-order valence-corrected chi connectivity index (χ0v) is 11.8. The third-order valence-electron chi connectivity index (χ3n) is 4.43. The van der Waals surface area contributed by atoms with E-state index in [2.05, 4.69) is 33.8 Å². The molecule has 2 atom stereocenters. The van der Waals surface area contributed by atoms with Gasteiger partial charge in [0.1, 0.15) is 5.82 Å². The van der Waals surface area contributed by atoms with Gasteiger partial charge in [-0.15, -0.1) is 0 Å². The number of halogens is 1. The number of hydrogen-bond donors (Lipinski definition) is 0. The summed E-state index contributed by atoms with van der Waals surface area (Å²) in [7, 11) is 0. The summed E-state index contributed by atoms with van der Waals surface area (Å²) in [5, 5.41) is 0. The Kier molecular flexibility index (Phi) is 3.61. The molecule has 1 aromatic rings. The van der Waals surface area contributed by atoms with Gasteiger partial charge in [0.15, 0.2) is 0 Å². The first-order valence-electron chi connectivity index (χ1n) is 6.88. The summed E-state index contributed by atoms with van der Waals surface area (Å²) in [6.07, 6.45) is 4.59. The second kappa shape index (κ2) is 4.87. The summed E-state index contributed by atoms with van der Waals surface area (Å²) < 4.78 is 14.2. The summed E-state index contributed by atoms with van der Waals surface area (Å²) >= 11 is 0. The minimum absolute atomic E-state index is 0.0726. The summed E-state index contributed by atoms with van der Waals surface area (Å²) in [4.78, 5) is 0. The van der Waals surface area contributed by atoms with Crippen LogP contribution in [-0.4, -0.2) is 0 Å². The number of allylic oxidation sites excluding steroid dienone is 2. The normalized spacial score (nSPS) is 28.3. The van der Waals surface area contributed by atoms with E-state index in [1.807, 2.05) is 12.1 Å². The molecule has 0 N–H and O–H groups in total. The van der Waals surface area contributed by atoms with Gasteiger partial charge in [-0.25, -0.2) is 4.39 Å². The standard InChI is InChI=1S/C17H23F/c1-12(2)14-10-9-13(3)11-17(14,4)15-7-5-6-8-16(15)18/h5-8,11-12,14H,9-10H2,1-4H3/t14?,17-/m0/s1. The van der Waals surface area contributed by atoms with Crippen molar-refractivity contribution < 1.29 is 4.39 Å². The van der Waals surface area contributed by atoms with Crippen molar-refractivity contribution in [3.63, 3.8) is 0 Å². The van der Waals surface area contributed by atoms with Gasteiger partial charge in [-0.1, -0.05) is 50.6 Å². The van der Waals surface area contributed by atoms with E-state index in [-0.39, 0.29) is 11.2 Å². The van der Waals surface area contributed by atoms with Crippen molar-refractivity contribution in [1.29, 1.82) is 0 Å². The van der Waals surface area contributed by atoms with E-state index in [1.54, 1.807) is 12.1 Å². The summed E-state index contributed by atoms with van der Waals surface area (Å²) in [6, 6.07) is 7.24. The fraction of sp³-hybridized carbons (Fsp3) is 0.529. The van der Waals surface area contributed by atoms with Crippen molar-refractivity contribution in [2.75, 3.05) is 0 Å². The SMILES string of the molecule is CC1=C[C@](C)(c2ccccc2F)C(C(C)C)CC1. The average molecular weight is 246 g/mol. The summed E-state index contributed by atoms with van der Waals surface area (Å²) in [5.74, 6) is 1.01. The molecule has 1 aliphatic rings. The Morgan fingerprint density at radius 3 is 2.56 bits per heavy atom. The molecule has 0 saturated heterocycles. The molecule has 0 amide bonds. The van der Waals surface area contributed by atoms with Crippen LogP contribution in [0.2, 0.25) is 0 Å². The Balaban J connectivity index is 2.54. The number of benzene rings is 1. The Morgan fingerprint density at radius 1 is 1.28 bits per heavy atom. The van der Waals surface area contributed by atoms with Crippen LogP contribution in [0.4, 0.5) is 4.39 Å². The fourth-order valence-corrected chi connectivity index (χ4v) is 3.58. The minimum atomic E-state index is -0.165. The maximum Gasteiger partial charge on any atom is 0.127 e. The van der Waals surface area contributed by atoms with Crippen molar-refractivity contribution >= 4 is 0 Å². The van der Waals surface area contributed by atoms with Crippen LogP contribution in [-0.2, 0) is 5.41 Å². The summed E-state index contributed by atoms with van der Waals surface area (Å²) in [6.45, 7) is 8.85. The van der Waals surface area contributed by atoms with Crippen molar-refractivity contribution in [3.05, 3.63) is 47.3 Å². The third kappa shape index (κ3) is 2.23. The maximum absolute atomic E-state index is 14.2. The minimum Gasteiger partial charge on any atom is -0.207 e. The van der Waals surface area contributed by atoms with Gasteiger partial charge in [-0.05, 0) is 43.2 Å². The van der Waals surface area contributed by atoms with Gasteiger partial charge >= 0.3 is 0 Å². The lowest BCUT2D eigenvalue weighted by atomic mass is 9.62. The van der Waals surface area contributed by atoms with Crippen LogP contribution >= 0.6 is 0 Å². The van der Waals surface area contributed by atoms with Crippen LogP contribution in [0.1, 0.15) is 46.1 Å². The second-order valence-electron chi connectivity index (χ2n) is 6.14. The van der Waals surface area contributed by atoms with Gasteiger partial charge in [-0.3, -0.25) is 0 Å². The highest BCUT2D eigenvalue weighted by atomic mass is 19.1. The summed E-state index contributed by atoms with van der Waals surface area (Å²) in [5.41, 5.74) is 2.07. The molecule has 98 valence electrons. The lowest BCUT2D eigenvalue weighted by Gasteiger charge is -2.42. The zero-order chi connectivity index (χ0) is 13.3. The van der Waals surface area contributed by atoms with E-state index >= 15 is 0 Å². The lowest BCUT2D eigenvalue weighted by molar-refractivity contribution is 0.232. The molecule has 0 spiro atoms. The van der Waals surface area contributed by atoms with E-state index in [4.69, 9.17) is 0 Å². The molecule has 1 aromatic carbocycles. The van der Waals surface area contributed by atoms with Gasteiger partial charge in [0, 0.05) is 5.41 Å². The first-order valence-corrected chi connectivity index (χ1v) is 6.88. The molecular weight excluding hydrogens is 223 g/mol. The van der Waals surface area contributed by atoms with Crippen molar-refractivity contribution in [3.8, 4) is 0 Å². The number of hydrogen-bond acceptors (Lipinski definition) is 0. The predicted molar refractivity (Wildman–Crippen MR) is 75.1 cm³/mol. The lowest BCUT2D eigenvalue weighted by Crippen LogP contribution is -2.37. The number of rotatable bonds is 2. The van der Waals surface area contributed by atoms with Crippen LogP contribution in [0.5, 0.6) is 0 Å². The first-order chi connectivity index (χ1) is 8.45. The smallest absolute Gasteiger partial charge is 0.127 e. The van der Waals surface area contributed by atoms with Crippen molar-refractivity contribution in [1.82, 2.24) is 0 Å². The molecule has 1 heteroatoms.